The predicted molar refractivity (Wildman–Crippen MR) is 77.7 cm³/mol. The van der Waals surface area contributed by atoms with E-state index in [1.165, 1.54) is 21.5 Å². The fourth-order valence-electron chi connectivity index (χ4n) is 2.15. The summed E-state index contributed by atoms with van der Waals surface area (Å²) in [5.74, 6) is -0.221. The number of benzene rings is 1. The summed E-state index contributed by atoms with van der Waals surface area (Å²) in [4.78, 5) is 22.0. The first-order valence-electron chi connectivity index (χ1n) is 6.73. The molecule has 0 aliphatic carbocycles. The van der Waals surface area contributed by atoms with Crippen molar-refractivity contribution < 1.29 is 9.18 Å². The Morgan fingerprint density at radius 2 is 2.18 bits per heavy atom. The maximum Gasteiger partial charge on any atom is 0.293 e. The summed E-state index contributed by atoms with van der Waals surface area (Å²) in [6.45, 7) is 2.13. The van der Waals surface area contributed by atoms with Crippen LogP contribution in [0, 0.1) is 12.7 Å². The summed E-state index contributed by atoms with van der Waals surface area (Å²) in [5.41, 5.74) is 1.54. The van der Waals surface area contributed by atoms with Crippen molar-refractivity contribution in [3.05, 3.63) is 59.4 Å². The topological polar surface area (TPSA) is 63.4 Å². The molecule has 0 saturated heterocycles. The van der Waals surface area contributed by atoms with Gasteiger partial charge in [0, 0.05) is 25.5 Å². The van der Waals surface area contributed by atoms with Gasteiger partial charge in [0.15, 0.2) is 0 Å². The zero-order valence-corrected chi connectivity index (χ0v) is 12.2. The molecular weight excluding hydrogens is 285 g/mol. The van der Waals surface area contributed by atoms with Crippen LogP contribution in [0.5, 0.6) is 0 Å². The minimum atomic E-state index is -0.339. The smallest absolute Gasteiger partial charge is 0.293 e. The van der Waals surface area contributed by atoms with Crippen molar-refractivity contribution in [3.8, 4) is 0 Å². The Balaban J connectivity index is 1.84. The molecule has 0 unspecified atom stereocenters. The molecule has 0 aliphatic heterocycles. The quantitative estimate of drug-likeness (QED) is 0.740. The van der Waals surface area contributed by atoms with Crippen LogP contribution in [-0.2, 0) is 6.54 Å². The molecule has 0 fully saturated rings. The SMILES string of the molecule is Cc1ccnc2nc(C(=O)N(C)Cc3cccc(F)c3)nn12. The molecule has 2 aromatic heterocycles. The summed E-state index contributed by atoms with van der Waals surface area (Å²) >= 11 is 0. The van der Waals surface area contributed by atoms with Crippen molar-refractivity contribution in [1.82, 2.24) is 24.5 Å². The molecule has 1 aromatic carbocycles. The zero-order chi connectivity index (χ0) is 15.7. The van der Waals surface area contributed by atoms with E-state index in [0.29, 0.717) is 11.3 Å². The lowest BCUT2D eigenvalue weighted by atomic mass is 10.2. The van der Waals surface area contributed by atoms with E-state index in [1.807, 2.05) is 6.92 Å². The number of aromatic nitrogens is 4. The standard InChI is InChI=1S/C15H14FN5O/c1-10-6-7-17-15-18-13(19-21(10)15)14(22)20(2)9-11-4-3-5-12(16)8-11/h3-8H,9H2,1-2H3. The van der Waals surface area contributed by atoms with Gasteiger partial charge in [-0.1, -0.05) is 12.1 Å². The van der Waals surface area contributed by atoms with Crippen molar-refractivity contribution in [2.75, 3.05) is 7.05 Å². The molecule has 1 amide bonds. The third-order valence-corrected chi connectivity index (χ3v) is 3.28. The number of carbonyl (C=O) groups is 1. The Kier molecular flexibility index (Phi) is 3.54. The van der Waals surface area contributed by atoms with Gasteiger partial charge in [-0.05, 0) is 30.7 Å². The minimum absolute atomic E-state index is 0.0701. The molecule has 3 aromatic rings. The molecule has 6 nitrogen and oxygen atoms in total. The van der Waals surface area contributed by atoms with Crippen LogP contribution in [-0.4, -0.2) is 37.4 Å². The number of nitrogens with zero attached hydrogens (tertiary/aromatic N) is 5. The van der Waals surface area contributed by atoms with E-state index in [4.69, 9.17) is 0 Å². The summed E-state index contributed by atoms with van der Waals surface area (Å²) in [5, 5.41) is 4.17. The van der Waals surface area contributed by atoms with Crippen molar-refractivity contribution in [2.45, 2.75) is 13.5 Å². The number of hydrogen-bond acceptors (Lipinski definition) is 4. The van der Waals surface area contributed by atoms with Gasteiger partial charge in [0.1, 0.15) is 5.82 Å². The monoisotopic (exact) mass is 299 g/mol. The number of amides is 1. The molecule has 0 N–H and O–H groups in total. The van der Waals surface area contributed by atoms with Crippen LogP contribution in [0.15, 0.2) is 36.5 Å². The molecule has 22 heavy (non-hydrogen) atoms. The summed E-state index contributed by atoms with van der Waals surface area (Å²) in [7, 11) is 1.62. The highest BCUT2D eigenvalue weighted by molar-refractivity contribution is 5.90. The molecule has 0 aliphatic rings. The van der Waals surface area contributed by atoms with Gasteiger partial charge in [-0.25, -0.2) is 13.9 Å². The van der Waals surface area contributed by atoms with Crippen molar-refractivity contribution >= 4 is 11.7 Å². The van der Waals surface area contributed by atoms with E-state index in [1.54, 1.807) is 31.4 Å². The second-order valence-electron chi connectivity index (χ2n) is 5.02. The predicted octanol–water partition coefficient (Wildman–Crippen LogP) is 1.84. The van der Waals surface area contributed by atoms with Gasteiger partial charge < -0.3 is 4.90 Å². The van der Waals surface area contributed by atoms with Crippen molar-refractivity contribution in [3.63, 3.8) is 0 Å². The van der Waals surface area contributed by atoms with E-state index in [2.05, 4.69) is 15.1 Å². The lowest BCUT2D eigenvalue weighted by molar-refractivity contribution is 0.0773. The highest BCUT2D eigenvalue weighted by atomic mass is 19.1. The van der Waals surface area contributed by atoms with Gasteiger partial charge in [-0.3, -0.25) is 4.79 Å². The summed E-state index contributed by atoms with van der Waals surface area (Å²) in [6.07, 6.45) is 1.62. The second kappa shape index (κ2) is 5.51. The van der Waals surface area contributed by atoms with Crippen LogP contribution in [0.4, 0.5) is 4.39 Å². The molecule has 0 bridgehead atoms. The van der Waals surface area contributed by atoms with E-state index >= 15 is 0 Å². The van der Waals surface area contributed by atoms with Crippen LogP contribution >= 0.6 is 0 Å². The number of carbonyl (C=O) groups excluding carboxylic acids is 1. The Bertz CT molecular complexity index is 845. The van der Waals surface area contributed by atoms with E-state index < -0.39 is 0 Å². The van der Waals surface area contributed by atoms with E-state index in [-0.39, 0.29) is 24.1 Å². The molecule has 2 heterocycles. The molecule has 112 valence electrons. The first-order chi connectivity index (χ1) is 10.5. The van der Waals surface area contributed by atoms with E-state index in [0.717, 1.165) is 5.69 Å². The maximum absolute atomic E-state index is 13.2. The van der Waals surface area contributed by atoms with Crippen molar-refractivity contribution in [1.29, 1.82) is 0 Å². The zero-order valence-electron chi connectivity index (χ0n) is 12.2. The fourth-order valence-corrected chi connectivity index (χ4v) is 2.15. The lowest BCUT2D eigenvalue weighted by Gasteiger charge is -2.15. The Morgan fingerprint density at radius 1 is 1.36 bits per heavy atom. The van der Waals surface area contributed by atoms with Crippen LogP contribution in [0.3, 0.4) is 0 Å². The molecule has 3 rings (SSSR count). The summed E-state index contributed by atoms with van der Waals surface area (Å²) < 4.78 is 14.7. The minimum Gasteiger partial charge on any atom is -0.335 e. The van der Waals surface area contributed by atoms with Crippen LogP contribution in [0.2, 0.25) is 0 Å². The first kappa shape index (κ1) is 14.1. The second-order valence-corrected chi connectivity index (χ2v) is 5.02. The molecule has 0 spiro atoms. The number of aryl methyl sites for hydroxylation is 1. The third-order valence-electron chi connectivity index (χ3n) is 3.28. The fraction of sp³-hybridized carbons (Fsp3) is 0.200. The van der Waals surface area contributed by atoms with Gasteiger partial charge in [-0.2, -0.15) is 4.98 Å². The first-order valence-corrected chi connectivity index (χ1v) is 6.73. The third kappa shape index (κ3) is 2.65. The number of rotatable bonds is 3. The van der Waals surface area contributed by atoms with Gasteiger partial charge in [-0.15, -0.1) is 5.10 Å². The molecule has 0 atom stereocenters. The van der Waals surface area contributed by atoms with Crippen molar-refractivity contribution in [2.24, 2.45) is 0 Å². The van der Waals surface area contributed by atoms with Crippen LogP contribution in [0.25, 0.3) is 5.78 Å². The molecule has 7 heteroatoms. The van der Waals surface area contributed by atoms with E-state index in [9.17, 15) is 9.18 Å². The van der Waals surface area contributed by atoms with Gasteiger partial charge in [0.2, 0.25) is 5.82 Å². The van der Waals surface area contributed by atoms with Gasteiger partial charge in [0.25, 0.3) is 11.7 Å². The highest BCUT2D eigenvalue weighted by Gasteiger charge is 2.18. The van der Waals surface area contributed by atoms with Crippen LogP contribution in [0.1, 0.15) is 21.9 Å². The number of fused-ring (bicyclic) bond motifs is 1. The number of hydrogen-bond donors (Lipinski definition) is 0. The normalized spacial score (nSPS) is 10.9. The Labute approximate surface area is 126 Å². The highest BCUT2D eigenvalue weighted by Crippen LogP contribution is 2.09. The Morgan fingerprint density at radius 3 is 2.91 bits per heavy atom. The number of halogens is 1. The average molecular weight is 299 g/mol. The molecule has 0 saturated carbocycles. The maximum atomic E-state index is 13.2. The van der Waals surface area contributed by atoms with Crippen LogP contribution < -0.4 is 0 Å². The average Bonchev–Trinajstić information content (AvgIpc) is 2.92. The van der Waals surface area contributed by atoms with Gasteiger partial charge in [0.05, 0.1) is 0 Å². The largest absolute Gasteiger partial charge is 0.335 e. The lowest BCUT2D eigenvalue weighted by Crippen LogP contribution is -2.27. The molecule has 0 radical (unpaired) electrons. The molecular formula is C15H14FN5O. The Hall–Kier alpha value is -2.83. The summed E-state index contributed by atoms with van der Waals surface area (Å²) in [6, 6.07) is 7.91. The van der Waals surface area contributed by atoms with Gasteiger partial charge >= 0.3 is 0 Å².